The van der Waals surface area contributed by atoms with Gasteiger partial charge in [-0.3, -0.25) is 14.4 Å². The van der Waals surface area contributed by atoms with E-state index in [2.05, 4.69) is 10.3 Å². The first kappa shape index (κ1) is 12.3. The number of pyridine rings is 1. The van der Waals surface area contributed by atoms with Gasteiger partial charge in [0.25, 0.3) is 5.91 Å². The van der Waals surface area contributed by atoms with Gasteiger partial charge in [-0.25, -0.2) is 0 Å². The van der Waals surface area contributed by atoms with E-state index >= 15 is 0 Å². The number of carbonyl (C=O) groups excluding carboxylic acids is 2. The molecule has 1 aromatic rings. The van der Waals surface area contributed by atoms with Gasteiger partial charge in [-0.2, -0.15) is 0 Å². The zero-order valence-corrected chi connectivity index (χ0v) is 10.3. The summed E-state index contributed by atoms with van der Waals surface area (Å²) < 4.78 is 0. The Balaban J connectivity index is 2.34. The molecule has 2 amide bonds. The maximum absolute atomic E-state index is 12.3. The molecule has 0 atom stereocenters. The molecule has 1 fully saturated rings. The summed E-state index contributed by atoms with van der Waals surface area (Å²) in [5.74, 6) is -0.493. The van der Waals surface area contributed by atoms with Crippen LogP contribution in [0.5, 0.6) is 0 Å². The van der Waals surface area contributed by atoms with Gasteiger partial charge < -0.3 is 15.2 Å². The summed E-state index contributed by atoms with van der Waals surface area (Å²) in [6.45, 7) is 4.24. The van der Waals surface area contributed by atoms with Crippen LogP contribution in [0.25, 0.3) is 0 Å². The van der Waals surface area contributed by atoms with Gasteiger partial charge in [-0.05, 0) is 19.9 Å². The second-order valence-corrected chi connectivity index (χ2v) is 4.71. The number of nitrogens with zero attached hydrogens (tertiary/aromatic N) is 1. The second-order valence-electron chi connectivity index (χ2n) is 4.71. The first-order valence-corrected chi connectivity index (χ1v) is 5.72. The van der Waals surface area contributed by atoms with Crippen molar-refractivity contribution in [2.45, 2.75) is 19.4 Å². The molecule has 0 aliphatic carbocycles. The SMILES string of the molecule is CC1(C)C(=O)NCCN1C(=O)c1cc[nH]c(=O)c1. The van der Waals surface area contributed by atoms with Gasteiger partial charge in [0, 0.05) is 30.9 Å². The van der Waals surface area contributed by atoms with E-state index in [0.29, 0.717) is 18.7 Å². The van der Waals surface area contributed by atoms with E-state index in [1.807, 2.05) is 0 Å². The van der Waals surface area contributed by atoms with Gasteiger partial charge >= 0.3 is 0 Å². The smallest absolute Gasteiger partial charge is 0.255 e. The van der Waals surface area contributed by atoms with E-state index in [9.17, 15) is 14.4 Å². The van der Waals surface area contributed by atoms with E-state index in [-0.39, 0.29) is 17.4 Å². The summed E-state index contributed by atoms with van der Waals surface area (Å²) in [7, 11) is 0. The lowest BCUT2D eigenvalue weighted by Gasteiger charge is -2.41. The summed E-state index contributed by atoms with van der Waals surface area (Å²) in [4.78, 5) is 39.2. The molecular formula is C12H15N3O3. The summed E-state index contributed by atoms with van der Waals surface area (Å²) >= 11 is 0. The molecule has 0 radical (unpaired) electrons. The lowest BCUT2D eigenvalue weighted by atomic mass is 9.98. The Morgan fingerprint density at radius 3 is 2.78 bits per heavy atom. The van der Waals surface area contributed by atoms with Crippen LogP contribution >= 0.6 is 0 Å². The minimum atomic E-state index is -0.905. The predicted molar refractivity (Wildman–Crippen MR) is 65.2 cm³/mol. The Morgan fingerprint density at radius 1 is 1.39 bits per heavy atom. The average Bonchev–Trinajstić information content (AvgIpc) is 2.32. The molecule has 0 aromatic carbocycles. The Bertz CT molecular complexity index is 547. The molecule has 6 heteroatoms. The van der Waals surface area contributed by atoms with Crippen molar-refractivity contribution in [1.82, 2.24) is 15.2 Å². The first-order chi connectivity index (χ1) is 8.43. The normalized spacial score (nSPS) is 18.3. The van der Waals surface area contributed by atoms with Crippen molar-refractivity contribution in [3.05, 3.63) is 34.2 Å². The number of H-pyrrole nitrogens is 1. The number of amides is 2. The van der Waals surface area contributed by atoms with E-state index < -0.39 is 5.54 Å². The van der Waals surface area contributed by atoms with E-state index in [0.717, 1.165) is 0 Å². The van der Waals surface area contributed by atoms with E-state index in [1.165, 1.54) is 23.2 Å². The topological polar surface area (TPSA) is 82.3 Å². The summed E-state index contributed by atoms with van der Waals surface area (Å²) in [6.07, 6.45) is 1.42. The van der Waals surface area contributed by atoms with Crippen LogP contribution in [0.2, 0.25) is 0 Å². The number of nitrogens with one attached hydrogen (secondary N) is 2. The number of piperazine rings is 1. The summed E-state index contributed by atoms with van der Waals surface area (Å²) in [5.41, 5.74) is -0.945. The molecule has 96 valence electrons. The van der Waals surface area contributed by atoms with Crippen molar-refractivity contribution in [3.63, 3.8) is 0 Å². The molecule has 1 aromatic heterocycles. The third-order valence-corrected chi connectivity index (χ3v) is 3.12. The zero-order chi connectivity index (χ0) is 13.3. The monoisotopic (exact) mass is 249 g/mol. The number of hydrogen-bond acceptors (Lipinski definition) is 3. The fourth-order valence-corrected chi connectivity index (χ4v) is 1.99. The van der Waals surface area contributed by atoms with Gasteiger partial charge in [0.1, 0.15) is 5.54 Å². The highest BCUT2D eigenvalue weighted by molar-refractivity contribution is 5.99. The second kappa shape index (κ2) is 4.29. The molecule has 1 saturated heterocycles. The largest absolute Gasteiger partial charge is 0.352 e. The van der Waals surface area contributed by atoms with Gasteiger partial charge in [-0.15, -0.1) is 0 Å². The van der Waals surface area contributed by atoms with Crippen molar-refractivity contribution in [2.75, 3.05) is 13.1 Å². The number of carbonyl (C=O) groups is 2. The quantitative estimate of drug-likeness (QED) is 0.718. The molecule has 2 rings (SSSR count). The van der Waals surface area contributed by atoms with Crippen molar-refractivity contribution >= 4 is 11.8 Å². The molecule has 2 heterocycles. The third kappa shape index (κ3) is 2.01. The molecular weight excluding hydrogens is 234 g/mol. The van der Waals surface area contributed by atoms with Gasteiger partial charge in [0.2, 0.25) is 11.5 Å². The fourth-order valence-electron chi connectivity index (χ4n) is 1.99. The molecule has 0 unspecified atom stereocenters. The molecule has 0 spiro atoms. The van der Waals surface area contributed by atoms with Crippen LogP contribution in [0, 0.1) is 0 Å². The summed E-state index contributed by atoms with van der Waals surface area (Å²) in [5, 5.41) is 2.72. The standard InChI is InChI=1S/C12H15N3O3/c1-12(2)11(18)14-5-6-15(12)10(17)8-3-4-13-9(16)7-8/h3-4,7H,5-6H2,1-2H3,(H,13,16)(H,14,18). The molecule has 2 N–H and O–H groups in total. The Hall–Kier alpha value is -2.11. The zero-order valence-electron chi connectivity index (χ0n) is 10.3. The van der Waals surface area contributed by atoms with Crippen molar-refractivity contribution in [3.8, 4) is 0 Å². The Morgan fingerprint density at radius 2 is 2.11 bits per heavy atom. The fraction of sp³-hybridized carbons (Fsp3) is 0.417. The van der Waals surface area contributed by atoms with Gasteiger partial charge in [-0.1, -0.05) is 0 Å². The van der Waals surface area contributed by atoms with Crippen LogP contribution in [0.1, 0.15) is 24.2 Å². The molecule has 1 aliphatic rings. The van der Waals surface area contributed by atoms with Crippen LogP contribution < -0.4 is 10.9 Å². The van der Waals surface area contributed by atoms with Crippen molar-refractivity contribution in [1.29, 1.82) is 0 Å². The molecule has 0 bridgehead atoms. The van der Waals surface area contributed by atoms with Crippen molar-refractivity contribution in [2.24, 2.45) is 0 Å². The van der Waals surface area contributed by atoms with Crippen LogP contribution in [-0.4, -0.2) is 40.3 Å². The highest BCUT2D eigenvalue weighted by Gasteiger charge is 2.40. The number of aromatic amines is 1. The highest BCUT2D eigenvalue weighted by Crippen LogP contribution is 2.19. The van der Waals surface area contributed by atoms with E-state index in [1.54, 1.807) is 13.8 Å². The minimum absolute atomic E-state index is 0.188. The lowest BCUT2D eigenvalue weighted by Crippen LogP contribution is -2.63. The molecule has 1 aliphatic heterocycles. The number of hydrogen-bond donors (Lipinski definition) is 2. The van der Waals surface area contributed by atoms with Crippen LogP contribution in [-0.2, 0) is 4.79 Å². The Labute approximate surface area is 104 Å². The number of rotatable bonds is 1. The van der Waals surface area contributed by atoms with Gasteiger partial charge in [0.15, 0.2) is 0 Å². The first-order valence-electron chi connectivity index (χ1n) is 5.72. The maximum atomic E-state index is 12.3. The molecule has 0 saturated carbocycles. The maximum Gasteiger partial charge on any atom is 0.255 e. The van der Waals surface area contributed by atoms with E-state index in [4.69, 9.17) is 0 Å². The molecule has 6 nitrogen and oxygen atoms in total. The summed E-state index contributed by atoms with van der Waals surface area (Å²) in [6, 6.07) is 2.78. The predicted octanol–water partition coefficient (Wildman–Crippen LogP) is -0.275. The van der Waals surface area contributed by atoms with Crippen LogP contribution in [0.3, 0.4) is 0 Å². The number of aromatic nitrogens is 1. The van der Waals surface area contributed by atoms with Crippen LogP contribution in [0.4, 0.5) is 0 Å². The lowest BCUT2D eigenvalue weighted by molar-refractivity contribution is -0.133. The minimum Gasteiger partial charge on any atom is -0.352 e. The highest BCUT2D eigenvalue weighted by atomic mass is 16.2. The molecule has 18 heavy (non-hydrogen) atoms. The van der Waals surface area contributed by atoms with Gasteiger partial charge in [0.05, 0.1) is 0 Å². The Kier molecular flexibility index (Phi) is 2.94. The third-order valence-electron chi connectivity index (χ3n) is 3.12. The van der Waals surface area contributed by atoms with Crippen LogP contribution in [0.15, 0.2) is 23.1 Å². The average molecular weight is 249 g/mol. The van der Waals surface area contributed by atoms with Crippen molar-refractivity contribution < 1.29 is 9.59 Å².